The number of allylic oxidation sites excluding steroid dienone is 2. The Morgan fingerprint density at radius 1 is 0.533 bits per heavy atom. The Hall–Kier alpha value is -3.62. The molecule has 2 aromatic rings. The van der Waals surface area contributed by atoms with E-state index in [2.05, 4.69) is 38.2 Å². The molecule has 2 aliphatic carbocycles. The van der Waals surface area contributed by atoms with Gasteiger partial charge >= 0.3 is 11.9 Å². The second kappa shape index (κ2) is 29.6. The number of carbonyl (C=O) groups is 2. The van der Waals surface area contributed by atoms with Gasteiger partial charge in [-0.15, -0.1) is 0 Å². The molecule has 0 aliphatic heterocycles. The van der Waals surface area contributed by atoms with Crippen molar-refractivity contribution in [2.24, 2.45) is 23.7 Å². The molecule has 2 atom stereocenters. The number of carbonyl (C=O) groups excluding carboxylic acids is 2. The van der Waals surface area contributed by atoms with Crippen molar-refractivity contribution >= 4 is 11.9 Å². The van der Waals surface area contributed by atoms with E-state index in [9.17, 15) is 9.59 Å². The van der Waals surface area contributed by atoms with Crippen molar-refractivity contribution in [3.05, 3.63) is 84.0 Å². The minimum atomic E-state index is -1.32. The maximum Gasteiger partial charge on any atom is 0.338 e. The predicted octanol–water partition coefficient (Wildman–Crippen LogP) is 12.7. The molecule has 0 amide bonds. The minimum absolute atomic E-state index is 0.0644. The van der Waals surface area contributed by atoms with Gasteiger partial charge in [-0.3, -0.25) is 0 Å². The van der Waals surface area contributed by atoms with Crippen LogP contribution >= 0.6 is 0 Å². The Kier molecular flexibility index (Phi) is 24.2. The molecule has 2 saturated carbocycles. The fourth-order valence-corrected chi connectivity index (χ4v) is 8.35. The van der Waals surface area contributed by atoms with Crippen LogP contribution in [0.4, 0.5) is 0 Å². The Morgan fingerprint density at radius 3 is 1.27 bits per heavy atom. The highest BCUT2D eigenvalue weighted by Crippen LogP contribution is 2.34. The summed E-state index contributed by atoms with van der Waals surface area (Å²) in [5.41, 5.74) is 1.64. The Morgan fingerprint density at radius 2 is 0.917 bits per heavy atom. The van der Waals surface area contributed by atoms with E-state index in [1.165, 1.54) is 103 Å². The lowest BCUT2D eigenvalue weighted by Gasteiger charge is -2.26. The maximum absolute atomic E-state index is 13.4. The summed E-state index contributed by atoms with van der Waals surface area (Å²) < 4.78 is 35.3. The van der Waals surface area contributed by atoms with Crippen molar-refractivity contribution < 1.29 is 38.0 Å². The number of hydrogen-bond donors (Lipinski definition) is 0. The van der Waals surface area contributed by atoms with Gasteiger partial charge in [0.15, 0.2) is 12.2 Å². The molecular weight excluding hydrogens is 753 g/mol. The summed E-state index contributed by atoms with van der Waals surface area (Å²) in [6, 6.07) is 15.2. The molecule has 60 heavy (non-hydrogen) atoms. The van der Waals surface area contributed by atoms with Crippen LogP contribution < -0.4 is 9.47 Å². The van der Waals surface area contributed by atoms with Crippen LogP contribution in [0.5, 0.6) is 11.5 Å². The number of ether oxygens (including phenoxy) is 6. The highest BCUT2D eigenvalue weighted by atomic mass is 16.6. The average Bonchev–Trinajstić information content (AvgIpc) is 3.28. The second-order valence-electron chi connectivity index (χ2n) is 17.1. The number of unbranched alkanes of at least 4 members (excludes halogenated alkanes) is 4. The van der Waals surface area contributed by atoms with E-state index in [1.54, 1.807) is 0 Å². The molecule has 0 radical (unpaired) electrons. The van der Waals surface area contributed by atoms with Gasteiger partial charge in [0.2, 0.25) is 0 Å². The van der Waals surface area contributed by atoms with Gasteiger partial charge in [0.25, 0.3) is 0 Å². The molecule has 0 bridgehead atoms. The Labute approximate surface area is 363 Å². The molecule has 2 aromatic carbocycles. The zero-order valence-electron chi connectivity index (χ0n) is 37.6. The number of rotatable bonds is 29. The predicted molar refractivity (Wildman–Crippen MR) is 241 cm³/mol. The lowest BCUT2D eigenvalue weighted by Crippen LogP contribution is -2.45. The normalized spacial score (nSPS) is 20.5. The Balaban J connectivity index is 1.26. The monoisotopic (exact) mass is 831 g/mol. The molecule has 0 aromatic heterocycles. The number of benzene rings is 2. The molecule has 0 saturated heterocycles. The highest BCUT2D eigenvalue weighted by molar-refractivity contribution is 5.85. The fraction of sp³-hybridized carbons (Fsp3) is 0.654. The van der Waals surface area contributed by atoms with Gasteiger partial charge in [0.1, 0.15) is 24.7 Å². The van der Waals surface area contributed by atoms with Crippen LogP contribution in [-0.4, -0.2) is 50.6 Å². The third kappa shape index (κ3) is 19.0. The first-order valence-corrected chi connectivity index (χ1v) is 23.7. The van der Waals surface area contributed by atoms with Crippen molar-refractivity contribution in [3.8, 4) is 11.5 Å². The summed E-state index contributed by atoms with van der Waals surface area (Å²) in [6.07, 6.45) is 28.9. The molecule has 0 spiro atoms. The van der Waals surface area contributed by atoms with E-state index >= 15 is 0 Å². The zero-order valence-corrected chi connectivity index (χ0v) is 37.6. The first-order chi connectivity index (χ1) is 29.4. The van der Waals surface area contributed by atoms with Gasteiger partial charge in [0.05, 0.1) is 26.4 Å². The molecule has 2 fully saturated rings. The third-order valence-corrected chi connectivity index (χ3v) is 12.1. The quantitative estimate of drug-likeness (QED) is 0.0455. The molecule has 334 valence electrons. The van der Waals surface area contributed by atoms with E-state index in [0.717, 1.165) is 34.5 Å². The van der Waals surface area contributed by atoms with Gasteiger partial charge in [-0.2, -0.15) is 0 Å². The van der Waals surface area contributed by atoms with Crippen LogP contribution in [0, 0.1) is 23.7 Å². The molecule has 0 unspecified atom stereocenters. The topological polar surface area (TPSA) is 89.5 Å². The van der Waals surface area contributed by atoms with Gasteiger partial charge in [-0.1, -0.05) is 128 Å². The van der Waals surface area contributed by atoms with Crippen LogP contribution in [0.1, 0.15) is 154 Å². The molecule has 0 N–H and O–H groups in total. The van der Waals surface area contributed by atoms with Crippen molar-refractivity contribution in [3.63, 3.8) is 0 Å². The SMILES string of the molecule is CCCCCC1CCC(C=CCOc2ccc(CO[C@@H](C(=O)OCCC)[C@@H](OCc3ccc(OCC=CC4CCC(CCCCC)CC4)cc3)C(=O)OCCC)cc2)CC1. The summed E-state index contributed by atoms with van der Waals surface area (Å²) >= 11 is 0. The standard InChI is InChI=1S/C52H78O8/c1-5-9-11-15-41-19-23-43(24-20-41)17-13-37-55-47-31-27-45(28-32-47)39-59-49(51(53)57-35-7-3)50(52(54)58-36-8-4)60-40-46-29-33-48(34-30-46)56-38-14-18-44-25-21-42(22-26-44)16-12-10-6-2/h13-14,17-18,27-34,41-44,49-50H,5-12,15-16,19-26,35-40H2,1-4H3/t41?,42?,43?,44?,49-,50-/m1/s1. The van der Waals surface area contributed by atoms with E-state index in [1.807, 2.05) is 62.4 Å². The second-order valence-corrected chi connectivity index (χ2v) is 17.1. The van der Waals surface area contributed by atoms with Crippen molar-refractivity contribution in [2.75, 3.05) is 26.4 Å². The van der Waals surface area contributed by atoms with Crippen LogP contribution in [0.15, 0.2) is 72.8 Å². The summed E-state index contributed by atoms with van der Waals surface area (Å²) in [6.45, 7) is 9.94. The molecule has 2 aliphatic rings. The van der Waals surface area contributed by atoms with Gasteiger partial charge in [-0.25, -0.2) is 9.59 Å². The molecule has 4 rings (SSSR count). The summed E-state index contributed by atoms with van der Waals surface area (Å²) in [4.78, 5) is 26.8. The van der Waals surface area contributed by atoms with Crippen molar-refractivity contribution in [1.29, 1.82) is 0 Å². The van der Waals surface area contributed by atoms with Gasteiger partial charge < -0.3 is 28.4 Å². The highest BCUT2D eigenvalue weighted by Gasteiger charge is 2.38. The number of esters is 2. The van der Waals surface area contributed by atoms with E-state index in [-0.39, 0.29) is 26.4 Å². The van der Waals surface area contributed by atoms with E-state index < -0.39 is 24.1 Å². The Bertz CT molecular complexity index is 1370. The molecule has 8 heteroatoms. The van der Waals surface area contributed by atoms with Gasteiger partial charge in [0, 0.05) is 0 Å². The average molecular weight is 831 g/mol. The largest absolute Gasteiger partial charge is 0.490 e. The van der Waals surface area contributed by atoms with Crippen LogP contribution in [0.2, 0.25) is 0 Å². The molecule has 0 heterocycles. The third-order valence-electron chi connectivity index (χ3n) is 12.1. The fourth-order valence-electron chi connectivity index (χ4n) is 8.35. The first kappa shape index (κ1) is 49.0. The van der Waals surface area contributed by atoms with E-state index in [0.29, 0.717) is 37.9 Å². The van der Waals surface area contributed by atoms with E-state index in [4.69, 9.17) is 28.4 Å². The first-order valence-electron chi connectivity index (χ1n) is 23.7. The summed E-state index contributed by atoms with van der Waals surface area (Å²) in [5.74, 6) is 3.30. The summed E-state index contributed by atoms with van der Waals surface area (Å²) in [7, 11) is 0. The molecule has 8 nitrogen and oxygen atoms in total. The minimum Gasteiger partial charge on any atom is -0.490 e. The lowest BCUT2D eigenvalue weighted by molar-refractivity contribution is -0.186. The van der Waals surface area contributed by atoms with Crippen LogP contribution in [0.3, 0.4) is 0 Å². The maximum atomic E-state index is 13.4. The van der Waals surface area contributed by atoms with Crippen molar-refractivity contribution in [2.45, 2.75) is 169 Å². The number of hydrogen-bond acceptors (Lipinski definition) is 8. The van der Waals surface area contributed by atoms with Gasteiger partial charge in [-0.05, 0) is 123 Å². The van der Waals surface area contributed by atoms with Crippen LogP contribution in [0.25, 0.3) is 0 Å². The lowest BCUT2D eigenvalue weighted by atomic mass is 9.79. The van der Waals surface area contributed by atoms with Crippen molar-refractivity contribution in [1.82, 2.24) is 0 Å². The molecular formula is C52H78O8. The smallest absolute Gasteiger partial charge is 0.338 e. The van der Waals surface area contributed by atoms with Crippen LogP contribution in [-0.2, 0) is 41.8 Å². The summed E-state index contributed by atoms with van der Waals surface area (Å²) in [5, 5.41) is 0. The zero-order chi connectivity index (χ0) is 42.6.